The largest absolute Gasteiger partial charge is 0.356 e. The molecular weight excluding hydrogens is 244 g/mol. The number of hydrogen-bond acceptors (Lipinski definition) is 1. The van der Waals surface area contributed by atoms with Gasteiger partial charge in [-0.15, -0.1) is 0 Å². The number of halogens is 1. The summed E-state index contributed by atoms with van der Waals surface area (Å²) in [6.45, 7) is 6.56. The molecule has 3 rings (SSSR count). The molecule has 3 heteroatoms. The fourth-order valence-electron chi connectivity index (χ4n) is 2.58. The van der Waals surface area contributed by atoms with Crippen LogP contribution in [0, 0.1) is 11.3 Å². The molecule has 0 amide bonds. The van der Waals surface area contributed by atoms with Crippen LogP contribution in [0.15, 0.2) is 24.3 Å². The first-order valence-corrected chi connectivity index (χ1v) is 6.91. The Morgan fingerprint density at radius 3 is 2.78 bits per heavy atom. The van der Waals surface area contributed by atoms with Gasteiger partial charge in [0.1, 0.15) is 0 Å². The van der Waals surface area contributed by atoms with Crippen molar-refractivity contribution < 1.29 is 0 Å². The van der Waals surface area contributed by atoms with E-state index in [0.717, 1.165) is 40.6 Å². The summed E-state index contributed by atoms with van der Waals surface area (Å²) in [6, 6.07) is 8.17. The van der Waals surface area contributed by atoms with E-state index in [4.69, 9.17) is 11.6 Å². The van der Waals surface area contributed by atoms with Crippen molar-refractivity contribution in [2.75, 3.05) is 6.54 Å². The van der Waals surface area contributed by atoms with E-state index in [1.807, 2.05) is 12.1 Å². The average Bonchev–Trinajstić information content (AvgIpc) is 2.81. The van der Waals surface area contributed by atoms with Crippen molar-refractivity contribution in [3.63, 3.8) is 0 Å². The van der Waals surface area contributed by atoms with Crippen LogP contribution in [0.1, 0.15) is 26.0 Å². The molecule has 1 atom stereocenters. The molecule has 1 aliphatic carbocycles. The van der Waals surface area contributed by atoms with Crippen molar-refractivity contribution in [3.8, 4) is 0 Å². The van der Waals surface area contributed by atoms with Gasteiger partial charge in [0.25, 0.3) is 0 Å². The molecule has 1 fully saturated rings. The molecular formula is C15H19ClN2. The van der Waals surface area contributed by atoms with Gasteiger partial charge >= 0.3 is 0 Å². The summed E-state index contributed by atoms with van der Waals surface area (Å²) in [4.78, 5) is 3.38. The normalized spacial score (nSPS) is 21.4. The fraction of sp³-hybridized carbons (Fsp3) is 0.467. The number of hydrogen-bond donors (Lipinski definition) is 2. The van der Waals surface area contributed by atoms with E-state index < -0.39 is 0 Å². The molecule has 1 heterocycles. The Kier molecular flexibility index (Phi) is 2.87. The third-order valence-electron chi connectivity index (χ3n) is 4.12. The van der Waals surface area contributed by atoms with Crippen LogP contribution < -0.4 is 5.32 Å². The molecule has 1 aromatic carbocycles. The number of aromatic amines is 1. The molecule has 1 unspecified atom stereocenters. The average molecular weight is 263 g/mol. The molecule has 0 radical (unpaired) electrons. The molecule has 2 aromatic rings. The number of fused-ring (bicyclic) bond motifs is 1. The maximum Gasteiger partial charge on any atom is 0.0705 e. The Morgan fingerprint density at radius 2 is 2.11 bits per heavy atom. The molecule has 1 saturated carbocycles. The minimum Gasteiger partial charge on any atom is -0.356 e. The molecule has 18 heavy (non-hydrogen) atoms. The van der Waals surface area contributed by atoms with Crippen LogP contribution in [0.3, 0.4) is 0 Å². The SMILES string of the molecule is CC1(C)CC1CNCc1[nH]c2ccccc2c1Cl. The summed E-state index contributed by atoms with van der Waals surface area (Å²) in [6.07, 6.45) is 1.33. The molecule has 2 N–H and O–H groups in total. The van der Waals surface area contributed by atoms with Gasteiger partial charge in [0.2, 0.25) is 0 Å². The van der Waals surface area contributed by atoms with Crippen molar-refractivity contribution in [3.05, 3.63) is 35.0 Å². The quantitative estimate of drug-likeness (QED) is 0.858. The van der Waals surface area contributed by atoms with E-state index >= 15 is 0 Å². The molecule has 0 spiro atoms. The number of nitrogens with one attached hydrogen (secondary N) is 2. The summed E-state index contributed by atoms with van der Waals surface area (Å²) in [7, 11) is 0. The van der Waals surface area contributed by atoms with Crippen LogP contribution in [0.5, 0.6) is 0 Å². The second-order valence-corrected chi connectivity index (χ2v) is 6.36. The van der Waals surface area contributed by atoms with E-state index in [-0.39, 0.29) is 0 Å². The first-order chi connectivity index (χ1) is 8.58. The van der Waals surface area contributed by atoms with Crippen molar-refractivity contribution in [2.45, 2.75) is 26.8 Å². The first kappa shape index (κ1) is 12.1. The summed E-state index contributed by atoms with van der Waals surface area (Å²) in [5.41, 5.74) is 2.75. The molecule has 0 aliphatic heterocycles. The predicted octanol–water partition coefficient (Wildman–Crippen LogP) is 3.96. The first-order valence-electron chi connectivity index (χ1n) is 6.54. The number of benzene rings is 1. The highest BCUT2D eigenvalue weighted by molar-refractivity contribution is 6.36. The van der Waals surface area contributed by atoms with Gasteiger partial charge in [0.05, 0.1) is 5.02 Å². The van der Waals surface area contributed by atoms with E-state index in [1.165, 1.54) is 6.42 Å². The second-order valence-electron chi connectivity index (χ2n) is 5.98. The van der Waals surface area contributed by atoms with Crippen LogP contribution in [0.4, 0.5) is 0 Å². The van der Waals surface area contributed by atoms with Crippen molar-refractivity contribution in [1.29, 1.82) is 0 Å². The lowest BCUT2D eigenvalue weighted by Crippen LogP contribution is -2.18. The summed E-state index contributed by atoms with van der Waals surface area (Å²) < 4.78 is 0. The van der Waals surface area contributed by atoms with E-state index in [9.17, 15) is 0 Å². The Balaban J connectivity index is 1.66. The second kappa shape index (κ2) is 4.29. The Bertz CT molecular complexity index is 571. The lowest BCUT2D eigenvalue weighted by molar-refractivity contribution is 0.518. The summed E-state index contributed by atoms with van der Waals surface area (Å²) in [5, 5.41) is 5.47. The number of rotatable bonds is 4. The van der Waals surface area contributed by atoms with Crippen LogP contribution in [-0.4, -0.2) is 11.5 Å². The van der Waals surface area contributed by atoms with Crippen molar-refractivity contribution >= 4 is 22.5 Å². The molecule has 1 aliphatic rings. The Hall–Kier alpha value is -0.990. The molecule has 1 aromatic heterocycles. The monoisotopic (exact) mass is 262 g/mol. The van der Waals surface area contributed by atoms with Crippen molar-refractivity contribution in [1.82, 2.24) is 10.3 Å². The van der Waals surface area contributed by atoms with Gasteiger partial charge in [0, 0.05) is 23.1 Å². The van der Waals surface area contributed by atoms with Gasteiger partial charge in [-0.25, -0.2) is 0 Å². The van der Waals surface area contributed by atoms with Gasteiger partial charge in [-0.3, -0.25) is 0 Å². The smallest absolute Gasteiger partial charge is 0.0705 e. The van der Waals surface area contributed by atoms with Gasteiger partial charge in [0.15, 0.2) is 0 Å². The van der Waals surface area contributed by atoms with Gasteiger partial charge < -0.3 is 10.3 Å². The number of H-pyrrole nitrogens is 1. The lowest BCUT2D eigenvalue weighted by Gasteiger charge is -2.05. The van der Waals surface area contributed by atoms with Gasteiger partial charge in [-0.2, -0.15) is 0 Å². The molecule has 2 nitrogen and oxygen atoms in total. The minimum absolute atomic E-state index is 0.539. The zero-order valence-electron chi connectivity index (χ0n) is 10.9. The number of para-hydroxylation sites is 1. The maximum atomic E-state index is 6.37. The standard InChI is InChI=1S/C15H19ClN2/c1-15(2)7-10(15)8-17-9-13-14(16)11-5-3-4-6-12(11)18-13/h3-6,10,17-18H,7-9H2,1-2H3. The van der Waals surface area contributed by atoms with Crippen LogP contribution in [-0.2, 0) is 6.54 Å². The zero-order valence-corrected chi connectivity index (χ0v) is 11.6. The third kappa shape index (κ3) is 2.15. The highest BCUT2D eigenvalue weighted by Crippen LogP contribution is 2.51. The minimum atomic E-state index is 0.539. The molecule has 96 valence electrons. The van der Waals surface area contributed by atoms with Crippen LogP contribution in [0.25, 0.3) is 10.9 Å². The zero-order chi connectivity index (χ0) is 12.8. The van der Waals surface area contributed by atoms with E-state index in [1.54, 1.807) is 0 Å². The van der Waals surface area contributed by atoms with Crippen molar-refractivity contribution in [2.24, 2.45) is 11.3 Å². The lowest BCUT2D eigenvalue weighted by atomic mass is 10.1. The maximum absolute atomic E-state index is 6.37. The Labute approximate surface area is 113 Å². The highest BCUT2D eigenvalue weighted by atomic mass is 35.5. The summed E-state index contributed by atoms with van der Waals surface area (Å²) in [5.74, 6) is 0.820. The third-order valence-corrected chi connectivity index (χ3v) is 4.56. The van der Waals surface area contributed by atoms with Crippen LogP contribution in [0.2, 0.25) is 5.02 Å². The summed E-state index contributed by atoms with van der Waals surface area (Å²) >= 11 is 6.37. The predicted molar refractivity (Wildman–Crippen MR) is 76.9 cm³/mol. The van der Waals surface area contributed by atoms with E-state index in [0.29, 0.717) is 5.41 Å². The van der Waals surface area contributed by atoms with Gasteiger partial charge in [-0.05, 0) is 30.4 Å². The Morgan fingerprint density at radius 1 is 1.39 bits per heavy atom. The van der Waals surface area contributed by atoms with E-state index in [2.05, 4.69) is 36.3 Å². The van der Waals surface area contributed by atoms with Gasteiger partial charge in [-0.1, -0.05) is 43.6 Å². The number of aromatic nitrogens is 1. The molecule has 0 saturated heterocycles. The molecule has 0 bridgehead atoms. The van der Waals surface area contributed by atoms with Crippen LogP contribution >= 0.6 is 11.6 Å². The fourth-order valence-corrected chi connectivity index (χ4v) is 2.86. The topological polar surface area (TPSA) is 27.8 Å². The highest BCUT2D eigenvalue weighted by Gasteiger charge is 2.44.